The van der Waals surface area contributed by atoms with E-state index in [0.717, 1.165) is 50.8 Å². The molecule has 0 atom stereocenters. The summed E-state index contributed by atoms with van der Waals surface area (Å²) in [5, 5.41) is 20.9. The average molecular weight is 710 g/mol. The Bertz CT molecular complexity index is 2610. The van der Waals surface area contributed by atoms with Gasteiger partial charge in [-0.05, 0) is 117 Å². The number of carboxylic acids is 1. The highest BCUT2D eigenvalue weighted by molar-refractivity contribution is 6.05. The van der Waals surface area contributed by atoms with E-state index in [2.05, 4.69) is 155 Å². The van der Waals surface area contributed by atoms with Gasteiger partial charge in [0, 0.05) is 34.1 Å². The summed E-state index contributed by atoms with van der Waals surface area (Å²) in [6, 6.07) is 70.6. The van der Waals surface area contributed by atoms with Crippen molar-refractivity contribution in [3.8, 4) is 28.3 Å². The molecule has 8 aromatic rings. The number of benzene rings is 8. The van der Waals surface area contributed by atoms with E-state index in [1.165, 1.54) is 22.4 Å². The molecule has 5 nitrogen and oxygen atoms in total. The lowest BCUT2D eigenvalue weighted by atomic mass is 9.92. The van der Waals surface area contributed by atoms with Gasteiger partial charge < -0.3 is 14.9 Å². The Hall–Kier alpha value is -7.68. The summed E-state index contributed by atoms with van der Waals surface area (Å²) in [4.78, 5) is 15.8. The van der Waals surface area contributed by atoms with E-state index >= 15 is 0 Å². The minimum absolute atomic E-state index is 0.310. The third-order valence-electron chi connectivity index (χ3n) is 9.65. The van der Waals surface area contributed by atoms with Crippen LogP contribution in [0, 0.1) is 11.3 Å². The van der Waals surface area contributed by atoms with Crippen LogP contribution in [0.1, 0.15) is 5.56 Å². The van der Waals surface area contributed by atoms with Crippen LogP contribution in [-0.2, 0) is 4.79 Å². The number of carboxylic acid groups (broad SMARTS) is 1. The molecule has 0 amide bonds. The van der Waals surface area contributed by atoms with Crippen molar-refractivity contribution in [1.82, 2.24) is 0 Å². The van der Waals surface area contributed by atoms with Gasteiger partial charge >= 0.3 is 5.97 Å². The molecule has 0 unspecified atom stereocenters. The van der Waals surface area contributed by atoms with Crippen LogP contribution in [0.3, 0.4) is 0 Å². The molecular weight excluding hydrogens is 675 g/mol. The smallest absolute Gasteiger partial charge is 0.346 e. The lowest BCUT2D eigenvalue weighted by molar-refractivity contribution is -0.132. The predicted molar refractivity (Wildman–Crippen MR) is 225 cm³/mol. The second kappa shape index (κ2) is 15.5. The molecule has 8 rings (SSSR count). The number of fused-ring (bicyclic) bond motifs is 1. The van der Waals surface area contributed by atoms with E-state index < -0.39 is 5.97 Å². The zero-order valence-corrected chi connectivity index (χ0v) is 29.8. The van der Waals surface area contributed by atoms with E-state index in [9.17, 15) is 15.2 Å². The molecule has 0 saturated carbocycles. The zero-order valence-electron chi connectivity index (χ0n) is 29.8. The SMILES string of the molecule is N#C/C(=C\c1ccc(N(c2ccccc2)c2ccc(-c3ccc(-c4ccc(N(c5ccccc5)c5ccccc5)cc4)c4ccccc34)cc2)cc1)C(=O)O. The van der Waals surface area contributed by atoms with Gasteiger partial charge in [0.15, 0.2) is 0 Å². The first-order valence-corrected chi connectivity index (χ1v) is 18.0. The molecule has 0 spiro atoms. The molecule has 0 aliphatic rings. The van der Waals surface area contributed by atoms with Crippen LogP contribution < -0.4 is 9.80 Å². The third-order valence-corrected chi connectivity index (χ3v) is 9.65. The number of hydrogen-bond donors (Lipinski definition) is 1. The first-order valence-electron chi connectivity index (χ1n) is 18.0. The molecule has 1 N–H and O–H groups in total. The van der Waals surface area contributed by atoms with E-state index in [1.54, 1.807) is 6.07 Å². The Morgan fingerprint density at radius 1 is 0.436 bits per heavy atom. The molecule has 0 aromatic heterocycles. The molecule has 0 fully saturated rings. The van der Waals surface area contributed by atoms with E-state index in [0.29, 0.717) is 5.56 Å². The van der Waals surface area contributed by atoms with Crippen molar-refractivity contribution in [2.45, 2.75) is 0 Å². The molecule has 0 radical (unpaired) electrons. The maximum absolute atomic E-state index is 11.4. The summed E-state index contributed by atoms with van der Waals surface area (Å²) in [6.07, 6.45) is 1.38. The van der Waals surface area contributed by atoms with Crippen LogP contribution in [0.5, 0.6) is 0 Å². The standard InChI is InChI=1S/C50H35N3O2/c51-35-39(50(54)55)34-36-20-26-43(27-21-36)53(42-16-8-3-9-17-42)45-30-24-38(25-31-45)47-33-32-46(48-18-10-11-19-49(47)48)37-22-28-44(29-23-37)52(40-12-4-1-5-13-40)41-14-6-2-7-15-41/h1-34H,(H,54,55)/b39-34+. The maximum atomic E-state index is 11.4. The monoisotopic (exact) mass is 709 g/mol. The van der Waals surface area contributed by atoms with Gasteiger partial charge in [-0.2, -0.15) is 5.26 Å². The number of aliphatic carboxylic acids is 1. The van der Waals surface area contributed by atoms with Crippen molar-refractivity contribution in [3.63, 3.8) is 0 Å². The number of rotatable bonds is 10. The maximum Gasteiger partial charge on any atom is 0.346 e. The summed E-state index contributed by atoms with van der Waals surface area (Å²) in [5.74, 6) is -1.25. The topological polar surface area (TPSA) is 67.6 Å². The number of nitrogens with zero attached hydrogens (tertiary/aromatic N) is 3. The van der Waals surface area contributed by atoms with E-state index in [1.807, 2.05) is 54.6 Å². The van der Waals surface area contributed by atoms with Crippen LogP contribution in [0.15, 0.2) is 206 Å². The summed E-state index contributed by atoms with van der Waals surface area (Å²) in [6.45, 7) is 0. The fourth-order valence-electron chi connectivity index (χ4n) is 7.04. The lowest BCUT2D eigenvalue weighted by Gasteiger charge is -2.26. The van der Waals surface area contributed by atoms with Crippen molar-refractivity contribution < 1.29 is 9.90 Å². The van der Waals surface area contributed by atoms with Crippen LogP contribution in [0.4, 0.5) is 34.1 Å². The Kier molecular flexibility index (Phi) is 9.70. The normalized spacial score (nSPS) is 11.1. The van der Waals surface area contributed by atoms with Crippen LogP contribution in [0.25, 0.3) is 39.1 Å². The fraction of sp³-hybridized carbons (Fsp3) is 0. The van der Waals surface area contributed by atoms with E-state index in [-0.39, 0.29) is 5.57 Å². The summed E-state index contributed by atoms with van der Waals surface area (Å²) < 4.78 is 0. The van der Waals surface area contributed by atoms with Crippen LogP contribution >= 0.6 is 0 Å². The lowest BCUT2D eigenvalue weighted by Crippen LogP contribution is -2.09. The van der Waals surface area contributed by atoms with E-state index in [4.69, 9.17) is 0 Å². The fourth-order valence-corrected chi connectivity index (χ4v) is 7.04. The molecule has 55 heavy (non-hydrogen) atoms. The molecule has 262 valence electrons. The van der Waals surface area contributed by atoms with Crippen molar-refractivity contribution in [2.75, 3.05) is 9.80 Å². The van der Waals surface area contributed by atoms with Crippen molar-refractivity contribution in [2.24, 2.45) is 0 Å². The first kappa shape index (κ1) is 34.4. The highest BCUT2D eigenvalue weighted by Crippen LogP contribution is 2.40. The molecule has 8 aromatic carbocycles. The average Bonchev–Trinajstić information content (AvgIpc) is 3.25. The van der Waals surface area contributed by atoms with Gasteiger partial charge in [0.25, 0.3) is 0 Å². The number of hydrogen-bond acceptors (Lipinski definition) is 4. The van der Waals surface area contributed by atoms with Gasteiger partial charge in [-0.25, -0.2) is 4.79 Å². The first-order chi connectivity index (χ1) is 27.1. The predicted octanol–water partition coefficient (Wildman–Crippen LogP) is 13.1. The van der Waals surface area contributed by atoms with Gasteiger partial charge in [0.1, 0.15) is 11.6 Å². The van der Waals surface area contributed by atoms with Gasteiger partial charge in [-0.1, -0.05) is 127 Å². The third kappa shape index (κ3) is 7.21. The Morgan fingerprint density at radius 3 is 1.11 bits per heavy atom. The van der Waals surface area contributed by atoms with Gasteiger partial charge in [0.2, 0.25) is 0 Å². The van der Waals surface area contributed by atoms with Crippen molar-refractivity contribution >= 4 is 56.9 Å². The quantitative estimate of drug-likeness (QED) is 0.113. The summed E-state index contributed by atoms with van der Waals surface area (Å²) >= 11 is 0. The number of para-hydroxylation sites is 3. The summed E-state index contributed by atoms with van der Waals surface area (Å²) in [5.41, 5.74) is 11.1. The second-order valence-electron chi connectivity index (χ2n) is 13.0. The Labute approximate surface area is 320 Å². The Balaban J connectivity index is 1.12. The second-order valence-corrected chi connectivity index (χ2v) is 13.0. The molecule has 0 heterocycles. The van der Waals surface area contributed by atoms with Gasteiger partial charge in [-0.3, -0.25) is 0 Å². The van der Waals surface area contributed by atoms with Crippen LogP contribution in [0.2, 0.25) is 0 Å². The van der Waals surface area contributed by atoms with Crippen molar-refractivity contribution in [3.05, 3.63) is 211 Å². The van der Waals surface area contributed by atoms with Gasteiger partial charge in [-0.15, -0.1) is 0 Å². The van der Waals surface area contributed by atoms with Gasteiger partial charge in [0.05, 0.1) is 0 Å². The highest BCUT2D eigenvalue weighted by Gasteiger charge is 2.16. The number of nitriles is 1. The zero-order chi connectivity index (χ0) is 37.6. The van der Waals surface area contributed by atoms with Crippen molar-refractivity contribution in [1.29, 1.82) is 5.26 Å². The molecule has 0 saturated heterocycles. The molecule has 0 bridgehead atoms. The highest BCUT2D eigenvalue weighted by atomic mass is 16.4. The number of carbonyl (C=O) groups is 1. The molecule has 0 aliphatic heterocycles. The largest absolute Gasteiger partial charge is 0.477 e. The minimum Gasteiger partial charge on any atom is -0.477 e. The summed E-state index contributed by atoms with van der Waals surface area (Å²) in [7, 11) is 0. The molecule has 0 aliphatic carbocycles. The van der Waals surface area contributed by atoms with Crippen LogP contribution in [-0.4, -0.2) is 11.1 Å². The molecule has 5 heteroatoms. The minimum atomic E-state index is -1.25. The molecular formula is C50H35N3O2. The Morgan fingerprint density at radius 2 is 0.764 bits per heavy atom. The number of anilines is 6.